The molecule has 1 amide bonds. The summed E-state index contributed by atoms with van der Waals surface area (Å²) in [5, 5.41) is 2.89. The van der Waals surface area contributed by atoms with Crippen molar-refractivity contribution >= 4 is 27.5 Å². The minimum absolute atomic E-state index is 0.155. The van der Waals surface area contributed by atoms with Crippen LogP contribution in [0.4, 0.5) is 5.69 Å². The number of nitrogens with two attached hydrogens (primary N) is 1. The van der Waals surface area contributed by atoms with E-state index in [0.717, 1.165) is 15.6 Å². The molecule has 2 rings (SSSR count). The van der Waals surface area contributed by atoms with E-state index >= 15 is 0 Å². The van der Waals surface area contributed by atoms with Crippen LogP contribution in [0.5, 0.6) is 0 Å². The number of rotatable bonds is 4. The first-order valence-corrected chi connectivity index (χ1v) is 7.00. The van der Waals surface area contributed by atoms with E-state index in [2.05, 4.69) is 26.7 Å². The Labute approximate surface area is 126 Å². The van der Waals surface area contributed by atoms with Gasteiger partial charge in [0.05, 0.1) is 11.3 Å². The molecule has 0 bridgehead atoms. The number of halogens is 1. The highest BCUT2D eigenvalue weighted by Gasteiger charge is 2.11. The molecule has 2 aromatic carbocycles. The second-order valence-corrected chi connectivity index (χ2v) is 5.32. The van der Waals surface area contributed by atoms with Crippen molar-refractivity contribution in [2.75, 3.05) is 5.43 Å². The fraction of sp³-hybridized carbons (Fsp3) is 0.133. The number of hydrazine groups is 1. The van der Waals surface area contributed by atoms with E-state index in [4.69, 9.17) is 5.84 Å². The molecular formula is C15H16BrN3O. The van der Waals surface area contributed by atoms with Crippen molar-refractivity contribution in [2.24, 2.45) is 5.84 Å². The molecule has 0 saturated carbocycles. The number of nitrogen functional groups attached to an aromatic ring is 1. The second-order valence-electron chi connectivity index (χ2n) is 4.47. The number of hydrogen-bond acceptors (Lipinski definition) is 3. The molecule has 0 atom stereocenters. The largest absolute Gasteiger partial charge is 0.348 e. The van der Waals surface area contributed by atoms with E-state index in [-0.39, 0.29) is 5.91 Å². The molecule has 0 spiro atoms. The van der Waals surface area contributed by atoms with Crippen molar-refractivity contribution < 1.29 is 4.79 Å². The summed E-state index contributed by atoms with van der Waals surface area (Å²) < 4.78 is 0.974. The quantitative estimate of drug-likeness (QED) is 0.595. The lowest BCUT2D eigenvalue weighted by molar-refractivity contribution is 0.0951. The monoisotopic (exact) mass is 333 g/mol. The molecule has 0 aliphatic carbocycles. The van der Waals surface area contributed by atoms with Gasteiger partial charge in [0.1, 0.15) is 0 Å². The van der Waals surface area contributed by atoms with Gasteiger partial charge in [0.25, 0.3) is 5.91 Å². The molecule has 0 saturated heterocycles. The third kappa shape index (κ3) is 3.37. The number of hydrogen-bond donors (Lipinski definition) is 3. The first-order chi connectivity index (χ1) is 9.61. The Hall–Kier alpha value is -1.85. The topological polar surface area (TPSA) is 67.1 Å². The Balaban J connectivity index is 2.13. The van der Waals surface area contributed by atoms with Crippen LogP contribution in [0.3, 0.4) is 0 Å². The fourth-order valence-electron chi connectivity index (χ4n) is 1.88. The lowest BCUT2D eigenvalue weighted by atomic mass is 10.1. The Morgan fingerprint density at radius 1 is 1.25 bits per heavy atom. The van der Waals surface area contributed by atoms with Crippen LogP contribution in [-0.4, -0.2) is 5.91 Å². The number of nitrogens with one attached hydrogen (secondary N) is 2. The van der Waals surface area contributed by atoms with Crippen molar-refractivity contribution in [1.82, 2.24) is 5.32 Å². The second kappa shape index (κ2) is 6.54. The highest BCUT2D eigenvalue weighted by Crippen LogP contribution is 2.18. The average molecular weight is 334 g/mol. The van der Waals surface area contributed by atoms with Gasteiger partial charge in [0.2, 0.25) is 0 Å². The fourth-order valence-corrected chi connectivity index (χ4v) is 2.31. The van der Waals surface area contributed by atoms with Gasteiger partial charge in [-0.2, -0.15) is 0 Å². The molecule has 4 nitrogen and oxygen atoms in total. The van der Waals surface area contributed by atoms with Gasteiger partial charge in [-0.05, 0) is 30.7 Å². The highest BCUT2D eigenvalue weighted by molar-refractivity contribution is 9.10. The van der Waals surface area contributed by atoms with Crippen LogP contribution in [0, 0.1) is 6.92 Å². The van der Waals surface area contributed by atoms with Crippen molar-refractivity contribution in [2.45, 2.75) is 13.5 Å². The minimum atomic E-state index is -0.155. The minimum Gasteiger partial charge on any atom is -0.348 e. The smallest absolute Gasteiger partial charge is 0.253 e. The summed E-state index contributed by atoms with van der Waals surface area (Å²) in [6, 6.07) is 13.3. The molecule has 0 fully saturated rings. The van der Waals surface area contributed by atoms with Gasteiger partial charge in [0.15, 0.2) is 0 Å². The molecule has 0 aliphatic rings. The van der Waals surface area contributed by atoms with E-state index in [1.165, 1.54) is 0 Å². The Kier molecular flexibility index (Phi) is 4.76. The number of benzene rings is 2. The standard InChI is InChI=1S/C15H16BrN3O/c1-10-6-7-14(19-17)12(8-10)15(20)18-9-11-4-2-3-5-13(11)16/h2-8,19H,9,17H2,1H3,(H,18,20). The van der Waals surface area contributed by atoms with Crippen LogP contribution in [0.1, 0.15) is 21.5 Å². The molecular weight excluding hydrogens is 318 g/mol. The maximum absolute atomic E-state index is 12.2. The summed E-state index contributed by atoms with van der Waals surface area (Å²) in [6.45, 7) is 2.39. The van der Waals surface area contributed by atoms with E-state index < -0.39 is 0 Å². The molecule has 2 aromatic rings. The molecule has 20 heavy (non-hydrogen) atoms. The maximum atomic E-state index is 12.2. The number of aryl methyl sites for hydroxylation is 1. The van der Waals surface area contributed by atoms with Crippen LogP contribution < -0.4 is 16.6 Å². The molecule has 4 N–H and O–H groups in total. The Morgan fingerprint density at radius 2 is 2.00 bits per heavy atom. The zero-order valence-corrected chi connectivity index (χ0v) is 12.7. The zero-order valence-electron chi connectivity index (χ0n) is 11.1. The summed E-state index contributed by atoms with van der Waals surface area (Å²) >= 11 is 3.46. The summed E-state index contributed by atoms with van der Waals surface area (Å²) in [5.41, 5.74) is 5.73. The lowest BCUT2D eigenvalue weighted by Gasteiger charge is -2.11. The maximum Gasteiger partial charge on any atom is 0.253 e. The molecule has 0 aliphatic heterocycles. The van der Waals surface area contributed by atoms with Gasteiger partial charge in [-0.1, -0.05) is 45.8 Å². The number of anilines is 1. The van der Waals surface area contributed by atoms with Gasteiger partial charge in [-0.25, -0.2) is 0 Å². The normalized spacial score (nSPS) is 10.2. The van der Waals surface area contributed by atoms with Gasteiger partial charge < -0.3 is 10.7 Å². The Morgan fingerprint density at radius 3 is 2.70 bits per heavy atom. The molecule has 0 aromatic heterocycles. The van der Waals surface area contributed by atoms with Crippen LogP contribution in [-0.2, 0) is 6.54 Å². The van der Waals surface area contributed by atoms with E-state index in [0.29, 0.717) is 17.8 Å². The molecule has 5 heteroatoms. The van der Waals surface area contributed by atoms with E-state index in [1.54, 1.807) is 6.07 Å². The molecule has 0 unspecified atom stereocenters. The molecule has 0 radical (unpaired) electrons. The van der Waals surface area contributed by atoms with Gasteiger partial charge in [-0.3, -0.25) is 10.6 Å². The molecule has 0 heterocycles. The van der Waals surface area contributed by atoms with Crippen molar-refractivity contribution in [3.8, 4) is 0 Å². The van der Waals surface area contributed by atoms with E-state index in [9.17, 15) is 4.79 Å². The van der Waals surface area contributed by atoms with Crippen LogP contribution in [0.2, 0.25) is 0 Å². The first kappa shape index (κ1) is 14.6. The van der Waals surface area contributed by atoms with Crippen molar-refractivity contribution in [1.29, 1.82) is 0 Å². The van der Waals surface area contributed by atoms with Crippen LogP contribution in [0.15, 0.2) is 46.9 Å². The third-order valence-electron chi connectivity index (χ3n) is 2.97. The highest BCUT2D eigenvalue weighted by atomic mass is 79.9. The third-order valence-corrected chi connectivity index (χ3v) is 3.75. The summed E-state index contributed by atoms with van der Waals surface area (Å²) in [5.74, 6) is 5.28. The molecule has 104 valence electrons. The number of carbonyl (C=O) groups excluding carboxylic acids is 1. The van der Waals surface area contributed by atoms with Crippen LogP contribution >= 0.6 is 15.9 Å². The SMILES string of the molecule is Cc1ccc(NN)c(C(=O)NCc2ccccc2Br)c1. The Bertz CT molecular complexity index is 628. The number of amides is 1. The average Bonchev–Trinajstić information content (AvgIpc) is 2.46. The van der Waals surface area contributed by atoms with Gasteiger partial charge in [0, 0.05) is 11.0 Å². The summed E-state index contributed by atoms with van der Waals surface area (Å²) in [6.07, 6.45) is 0. The van der Waals surface area contributed by atoms with Gasteiger partial charge in [-0.15, -0.1) is 0 Å². The lowest BCUT2D eigenvalue weighted by Crippen LogP contribution is -2.25. The summed E-state index contributed by atoms with van der Waals surface area (Å²) in [7, 11) is 0. The summed E-state index contributed by atoms with van der Waals surface area (Å²) in [4.78, 5) is 12.2. The van der Waals surface area contributed by atoms with Crippen LogP contribution in [0.25, 0.3) is 0 Å². The zero-order chi connectivity index (χ0) is 14.5. The van der Waals surface area contributed by atoms with E-state index in [1.807, 2.05) is 43.3 Å². The van der Waals surface area contributed by atoms with Crippen molar-refractivity contribution in [3.63, 3.8) is 0 Å². The first-order valence-electron chi connectivity index (χ1n) is 6.20. The van der Waals surface area contributed by atoms with Gasteiger partial charge >= 0.3 is 0 Å². The predicted molar refractivity (Wildman–Crippen MR) is 84.3 cm³/mol. The van der Waals surface area contributed by atoms with Crippen molar-refractivity contribution in [3.05, 3.63) is 63.6 Å². The number of carbonyl (C=O) groups is 1. The predicted octanol–water partition coefficient (Wildman–Crippen LogP) is 2.97.